The Hall–Kier alpha value is -2.15. The number of benzene rings is 1. The minimum atomic E-state index is -0.659. The minimum Gasteiger partial charge on any atom is -0.481 e. The van der Waals surface area contributed by atoms with Gasteiger partial charge < -0.3 is 20.6 Å². The van der Waals surface area contributed by atoms with Gasteiger partial charge in [0.15, 0.2) is 0 Å². The predicted octanol–water partition coefficient (Wildman–Crippen LogP) is 3.34. The van der Waals surface area contributed by atoms with Gasteiger partial charge in [0.25, 0.3) is 0 Å². The van der Waals surface area contributed by atoms with E-state index in [-0.39, 0.29) is 29.6 Å². The monoisotopic (exact) mass is 417 g/mol. The van der Waals surface area contributed by atoms with E-state index >= 15 is 0 Å². The van der Waals surface area contributed by atoms with Crippen molar-refractivity contribution in [1.29, 1.82) is 0 Å². The van der Waals surface area contributed by atoms with Crippen molar-refractivity contribution in [2.45, 2.75) is 69.4 Å². The van der Waals surface area contributed by atoms with Crippen LogP contribution < -0.4 is 10.6 Å². The van der Waals surface area contributed by atoms with Crippen molar-refractivity contribution in [3.8, 4) is 0 Å². The normalized spacial score (nSPS) is 28.7. The Morgan fingerprint density at radius 1 is 1.10 bits per heavy atom. The van der Waals surface area contributed by atoms with Gasteiger partial charge in [-0.05, 0) is 81.6 Å². The fraction of sp³-hybridized carbons (Fsp3) is 0.652. The highest BCUT2D eigenvalue weighted by atomic mass is 19.1. The maximum atomic E-state index is 14.8. The number of nitrogens with one attached hydrogen (secondary N) is 2. The second kappa shape index (κ2) is 9.33. The Morgan fingerprint density at radius 3 is 2.43 bits per heavy atom. The fourth-order valence-corrected chi connectivity index (χ4v) is 5.30. The van der Waals surface area contributed by atoms with E-state index in [0.29, 0.717) is 19.0 Å². The molecule has 4 rings (SSSR count). The molecule has 3 aliphatic rings. The number of halogens is 1. The highest BCUT2D eigenvalue weighted by Gasteiger charge is 2.32. The van der Waals surface area contributed by atoms with Crippen LogP contribution in [0, 0.1) is 11.7 Å². The summed E-state index contributed by atoms with van der Waals surface area (Å²) in [6.07, 6.45) is 6.61. The summed E-state index contributed by atoms with van der Waals surface area (Å²) < 4.78 is 14.8. The SMILES string of the molecule is O=C1CCC(Nc2ccc(C3CCN(C4CCC(C(=O)O)CC4)CC3)c(F)c2)CN1. The molecule has 2 saturated heterocycles. The number of amides is 1. The lowest BCUT2D eigenvalue weighted by Gasteiger charge is -2.40. The van der Waals surface area contributed by atoms with E-state index in [4.69, 9.17) is 0 Å². The number of likely N-dealkylation sites (tertiary alicyclic amines) is 1. The maximum absolute atomic E-state index is 14.8. The molecular weight excluding hydrogens is 385 g/mol. The number of anilines is 1. The number of carbonyl (C=O) groups is 2. The predicted molar refractivity (Wildman–Crippen MR) is 113 cm³/mol. The molecule has 0 aromatic heterocycles. The molecule has 3 fully saturated rings. The molecule has 1 atom stereocenters. The molecule has 0 radical (unpaired) electrons. The van der Waals surface area contributed by atoms with E-state index in [1.165, 1.54) is 0 Å². The summed E-state index contributed by atoms with van der Waals surface area (Å²) in [4.78, 5) is 24.9. The van der Waals surface area contributed by atoms with Crippen LogP contribution in [0.25, 0.3) is 0 Å². The fourth-order valence-electron chi connectivity index (χ4n) is 5.30. The number of nitrogens with zero attached hydrogens (tertiary/aromatic N) is 1. The van der Waals surface area contributed by atoms with Crippen molar-refractivity contribution in [2.75, 3.05) is 25.0 Å². The topological polar surface area (TPSA) is 81.7 Å². The lowest BCUT2D eigenvalue weighted by molar-refractivity contribution is -0.143. The molecule has 1 aromatic rings. The van der Waals surface area contributed by atoms with E-state index in [9.17, 15) is 19.1 Å². The minimum absolute atomic E-state index is 0.0795. The van der Waals surface area contributed by atoms with Gasteiger partial charge in [0.2, 0.25) is 5.91 Å². The average Bonchev–Trinajstić information content (AvgIpc) is 2.76. The van der Waals surface area contributed by atoms with Crippen LogP contribution >= 0.6 is 0 Å². The van der Waals surface area contributed by atoms with Crippen molar-refractivity contribution in [1.82, 2.24) is 10.2 Å². The zero-order chi connectivity index (χ0) is 21.1. The summed E-state index contributed by atoms with van der Waals surface area (Å²) in [6.45, 7) is 2.48. The first-order valence-corrected chi connectivity index (χ1v) is 11.3. The van der Waals surface area contributed by atoms with E-state index in [0.717, 1.165) is 69.3 Å². The summed E-state index contributed by atoms with van der Waals surface area (Å²) in [7, 11) is 0. The van der Waals surface area contributed by atoms with Crippen LogP contribution in [-0.4, -0.2) is 53.6 Å². The van der Waals surface area contributed by atoms with Gasteiger partial charge in [0.05, 0.1) is 5.92 Å². The summed E-state index contributed by atoms with van der Waals surface area (Å²) in [5.74, 6) is -0.672. The van der Waals surface area contributed by atoms with Crippen LogP contribution in [0.1, 0.15) is 62.8 Å². The molecular formula is C23H32FN3O3. The number of hydrogen-bond acceptors (Lipinski definition) is 4. The number of piperidine rings is 2. The maximum Gasteiger partial charge on any atom is 0.306 e. The highest BCUT2D eigenvalue weighted by molar-refractivity contribution is 5.77. The van der Waals surface area contributed by atoms with Crippen molar-refractivity contribution in [3.05, 3.63) is 29.6 Å². The van der Waals surface area contributed by atoms with Gasteiger partial charge in [-0.15, -0.1) is 0 Å². The molecule has 6 nitrogen and oxygen atoms in total. The van der Waals surface area contributed by atoms with Gasteiger partial charge in [-0.1, -0.05) is 6.07 Å². The number of carboxylic acids is 1. The molecule has 1 saturated carbocycles. The van der Waals surface area contributed by atoms with Crippen molar-refractivity contribution >= 4 is 17.6 Å². The molecule has 1 amide bonds. The number of carbonyl (C=O) groups excluding carboxylic acids is 1. The van der Waals surface area contributed by atoms with E-state index in [1.807, 2.05) is 12.1 Å². The Bertz CT molecular complexity index is 761. The van der Waals surface area contributed by atoms with Crippen molar-refractivity contribution in [2.24, 2.45) is 5.92 Å². The van der Waals surface area contributed by atoms with Gasteiger partial charge in [0.1, 0.15) is 5.82 Å². The summed E-state index contributed by atoms with van der Waals surface area (Å²) in [5.41, 5.74) is 1.57. The first-order valence-electron chi connectivity index (χ1n) is 11.3. The second-order valence-corrected chi connectivity index (χ2v) is 9.07. The standard InChI is InChI=1S/C23H32FN3O3/c24-21-13-17(26-18-4-8-22(28)25-14-18)3-7-20(21)15-9-11-27(12-10-15)19-5-1-16(2-6-19)23(29)30/h3,7,13,15-16,18-19,26H,1-2,4-6,8-12,14H2,(H,25,28)(H,29,30). The Morgan fingerprint density at radius 2 is 1.83 bits per heavy atom. The molecule has 2 heterocycles. The largest absolute Gasteiger partial charge is 0.481 e. The molecule has 0 bridgehead atoms. The van der Waals surface area contributed by atoms with E-state index in [1.54, 1.807) is 6.07 Å². The zero-order valence-corrected chi connectivity index (χ0v) is 17.4. The van der Waals surface area contributed by atoms with E-state index < -0.39 is 5.97 Å². The third-order valence-electron chi connectivity index (χ3n) is 7.17. The first kappa shape index (κ1) is 21.1. The third kappa shape index (κ3) is 4.94. The number of hydrogen-bond donors (Lipinski definition) is 3. The third-order valence-corrected chi connectivity index (χ3v) is 7.17. The van der Waals surface area contributed by atoms with Gasteiger partial charge in [0, 0.05) is 30.7 Å². The molecule has 2 aliphatic heterocycles. The summed E-state index contributed by atoms with van der Waals surface area (Å²) in [6, 6.07) is 6.08. The average molecular weight is 418 g/mol. The van der Waals surface area contributed by atoms with Gasteiger partial charge in [-0.25, -0.2) is 4.39 Å². The number of aliphatic carboxylic acids is 1. The van der Waals surface area contributed by atoms with Crippen LogP contribution in [0.4, 0.5) is 10.1 Å². The molecule has 30 heavy (non-hydrogen) atoms. The van der Waals surface area contributed by atoms with Crippen LogP contribution in [0.2, 0.25) is 0 Å². The highest BCUT2D eigenvalue weighted by Crippen LogP contribution is 2.35. The Balaban J connectivity index is 1.28. The van der Waals surface area contributed by atoms with Gasteiger partial charge >= 0.3 is 5.97 Å². The second-order valence-electron chi connectivity index (χ2n) is 9.07. The molecule has 1 aliphatic carbocycles. The zero-order valence-electron chi connectivity index (χ0n) is 17.4. The molecule has 7 heteroatoms. The first-order chi connectivity index (χ1) is 14.5. The summed E-state index contributed by atoms with van der Waals surface area (Å²) in [5, 5.41) is 15.3. The molecule has 0 spiro atoms. The smallest absolute Gasteiger partial charge is 0.306 e. The van der Waals surface area contributed by atoms with Crippen LogP contribution in [0.3, 0.4) is 0 Å². The lowest BCUT2D eigenvalue weighted by Crippen LogP contribution is -2.43. The molecule has 1 unspecified atom stereocenters. The molecule has 164 valence electrons. The van der Waals surface area contributed by atoms with Crippen LogP contribution in [0.15, 0.2) is 18.2 Å². The van der Waals surface area contributed by atoms with Gasteiger partial charge in [-0.3, -0.25) is 9.59 Å². The van der Waals surface area contributed by atoms with E-state index in [2.05, 4.69) is 15.5 Å². The lowest BCUT2D eigenvalue weighted by atomic mass is 9.83. The number of carboxylic acid groups (broad SMARTS) is 1. The van der Waals surface area contributed by atoms with Gasteiger partial charge in [-0.2, -0.15) is 0 Å². The van der Waals surface area contributed by atoms with Crippen molar-refractivity contribution in [3.63, 3.8) is 0 Å². The summed E-state index contributed by atoms with van der Waals surface area (Å²) >= 11 is 0. The molecule has 1 aromatic carbocycles. The Labute approximate surface area is 177 Å². The molecule has 3 N–H and O–H groups in total. The van der Waals surface area contributed by atoms with Crippen LogP contribution in [-0.2, 0) is 9.59 Å². The van der Waals surface area contributed by atoms with Crippen molar-refractivity contribution < 1.29 is 19.1 Å². The number of rotatable bonds is 5. The van der Waals surface area contributed by atoms with Crippen LogP contribution in [0.5, 0.6) is 0 Å². The quantitative estimate of drug-likeness (QED) is 0.685. The Kier molecular flexibility index (Phi) is 6.56.